The first-order valence-electron chi connectivity index (χ1n) is 2.40. The maximum absolute atomic E-state index is 8.74. The molecule has 2 N–H and O–H groups in total. The minimum Gasteiger partial charge on any atom is -0.326 e. The van der Waals surface area contributed by atoms with Gasteiger partial charge >= 0.3 is 8.25 Å². The van der Waals surface area contributed by atoms with Gasteiger partial charge in [0.25, 0.3) is 0 Å². The molecule has 0 spiro atoms. The number of hydrogen-bond acceptors (Lipinski definition) is 2. The molecule has 0 heterocycles. The van der Waals surface area contributed by atoms with E-state index in [0.29, 0.717) is 0 Å². The average molecular weight is 210 g/mol. The lowest BCUT2D eigenvalue weighted by Gasteiger charge is -2.04. The zero-order valence-corrected chi connectivity index (χ0v) is 8.10. The van der Waals surface area contributed by atoms with Crippen LogP contribution in [0.1, 0.15) is 13.8 Å². The van der Waals surface area contributed by atoms with E-state index in [9.17, 15) is 0 Å². The molecule has 0 fully saturated rings. The van der Waals surface area contributed by atoms with Crippen molar-refractivity contribution in [3.63, 3.8) is 0 Å². The fourth-order valence-corrected chi connectivity index (χ4v) is 0. The molecular formula is C3H10Cl2NO3P. The van der Waals surface area contributed by atoms with Crippen molar-refractivity contribution in [2.75, 3.05) is 0 Å². The topological polar surface area (TPSA) is 60.8 Å². The van der Waals surface area contributed by atoms with Gasteiger partial charge in [0.05, 0.1) is 0 Å². The number of nitrogens with zero attached hydrogens (tertiary/aromatic N) is 1. The van der Waals surface area contributed by atoms with Crippen molar-refractivity contribution < 1.29 is 14.4 Å². The van der Waals surface area contributed by atoms with Gasteiger partial charge in [-0.25, -0.2) is 0 Å². The molecule has 0 aromatic carbocycles. The lowest BCUT2D eigenvalue weighted by Crippen LogP contribution is -2.07. The van der Waals surface area contributed by atoms with Crippen molar-refractivity contribution in [3.05, 3.63) is 0 Å². The van der Waals surface area contributed by atoms with Crippen LogP contribution in [0.25, 0.3) is 0 Å². The first kappa shape index (κ1) is 13.3. The molecule has 0 saturated heterocycles. The van der Waals surface area contributed by atoms with Crippen LogP contribution in [-0.2, 0) is 4.57 Å². The number of rotatable bonds is 1. The molecule has 4 nitrogen and oxygen atoms in total. The molecule has 0 aromatic heterocycles. The molecule has 0 aliphatic rings. The van der Waals surface area contributed by atoms with E-state index < -0.39 is 8.25 Å². The second-order valence-electron chi connectivity index (χ2n) is 1.64. The molecule has 64 valence electrons. The van der Waals surface area contributed by atoms with Gasteiger partial charge in [0.15, 0.2) is 0 Å². The van der Waals surface area contributed by atoms with Crippen molar-refractivity contribution >= 4 is 31.8 Å². The van der Waals surface area contributed by atoms with E-state index >= 15 is 0 Å². The van der Waals surface area contributed by atoms with Gasteiger partial charge in [0.1, 0.15) is 0 Å². The van der Waals surface area contributed by atoms with Crippen LogP contribution in [0.5, 0.6) is 0 Å². The third kappa shape index (κ3) is 23.4. The highest BCUT2D eigenvalue weighted by molar-refractivity contribution is 7.30. The van der Waals surface area contributed by atoms with Gasteiger partial charge in [-0.2, -0.15) is 0 Å². The third-order valence-corrected chi connectivity index (χ3v) is 1.17. The largest absolute Gasteiger partial charge is 0.326 e. The van der Waals surface area contributed by atoms with Crippen molar-refractivity contribution in [2.45, 2.75) is 19.9 Å². The first-order chi connectivity index (χ1) is 4.37. The normalized spacial score (nSPS) is 10.1. The second-order valence-corrected chi connectivity index (χ2v) is 3.10. The fourth-order valence-electron chi connectivity index (χ4n) is 0. The predicted molar refractivity (Wildman–Crippen MR) is 42.1 cm³/mol. The van der Waals surface area contributed by atoms with Crippen molar-refractivity contribution in [1.82, 2.24) is 3.94 Å². The zero-order valence-electron chi connectivity index (χ0n) is 5.58. The van der Waals surface area contributed by atoms with Gasteiger partial charge in [-0.3, -0.25) is 4.57 Å². The molecule has 7 heteroatoms. The molecule has 0 unspecified atom stereocenters. The van der Waals surface area contributed by atoms with Crippen molar-refractivity contribution in [1.29, 1.82) is 0 Å². The monoisotopic (exact) mass is 209 g/mol. The Morgan fingerprint density at radius 2 is 1.50 bits per heavy atom. The van der Waals surface area contributed by atoms with Gasteiger partial charge in [0, 0.05) is 6.04 Å². The Balaban J connectivity index is 0. The van der Waals surface area contributed by atoms with Gasteiger partial charge < -0.3 is 9.79 Å². The van der Waals surface area contributed by atoms with E-state index in [1.54, 1.807) is 0 Å². The van der Waals surface area contributed by atoms with E-state index in [4.69, 9.17) is 37.9 Å². The smallest absolute Gasteiger partial charge is 0.314 e. The van der Waals surface area contributed by atoms with Crippen LogP contribution in [-0.4, -0.2) is 19.8 Å². The Morgan fingerprint density at radius 3 is 1.50 bits per heavy atom. The van der Waals surface area contributed by atoms with Crippen molar-refractivity contribution in [3.8, 4) is 0 Å². The molecule has 0 aromatic rings. The van der Waals surface area contributed by atoms with Gasteiger partial charge in [0.2, 0.25) is 0 Å². The molecule has 0 aliphatic carbocycles. The highest BCUT2D eigenvalue weighted by atomic mass is 35.5. The Hall–Kier alpha value is 0.690. The van der Waals surface area contributed by atoms with Crippen LogP contribution in [0.2, 0.25) is 0 Å². The van der Waals surface area contributed by atoms with Gasteiger partial charge in [-0.05, 0) is 37.4 Å². The van der Waals surface area contributed by atoms with E-state index in [-0.39, 0.29) is 6.04 Å². The number of halogens is 2. The molecule has 0 saturated carbocycles. The third-order valence-electron chi connectivity index (χ3n) is 0.390. The summed E-state index contributed by atoms with van der Waals surface area (Å²) in [5, 5.41) is 0. The Bertz CT molecular complexity index is 89.7. The molecule has 0 rings (SSSR count). The van der Waals surface area contributed by atoms with Crippen LogP contribution in [0, 0.1) is 0 Å². The average Bonchev–Trinajstić information content (AvgIpc) is 1.63. The first-order valence-corrected chi connectivity index (χ1v) is 4.38. The molecule has 0 amide bonds. The van der Waals surface area contributed by atoms with E-state index in [1.165, 1.54) is 0 Å². The molecule has 10 heavy (non-hydrogen) atoms. The van der Waals surface area contributed by atoms with Gasteiger partial charge in [-0.1, -0.05) is 0 Å². The molecule has 0 bridgehead atoms. The zero-order chi connectivity index (χ0) is 8.73. The van der Waals surface area contributed by atoms with Crippen LogP contribution in [0.4, 0.5) is 0 Å². The number of hydrogen-bond donors (Lipinski definition) is 2. The highest BCUT2D eigenvalue weighted by Crippen LogP contribution is 2.03. The highest BCUT2D eigenvalue weighted by Gasteiger charge is 1.96. The summed E-state index contributed by atoms with van der Waals surface area (Å²) in [5.74, 6) is 0. The summed E-state index contributed by atoms with van der Waals surface area (Å²) in [5.41, 5.74) is 0. The summed E-state index contributed by atoms with van der Waals surface area (Å²) in [7, 11) is -3.13. The second kappa shape index (κ2) is 7.79. The molecule has 0 atom stereocenters. The van der Waals surface area contributed by atoms with Crippen molar-refractivity contribution in [2.24, 2.45) is 0 Å². The van der Waals surface area contributed by atoms with Crippen LogP contribution in [0.15, 0.2) is 0 Å². The lowest BCUT2D eigenvalue weighted by atomic mass is 10.4. The molecule has 0 aliphatic heterocycles. The summed E-state index contributed by atoms with van der Waals surface area (Å²) >= 11 is 10.4. The van der Waals surface area contributed by atoms with Crippen LogP contribution < -0.4 is 0 Å². The summed E-state index contributed by atoms with van der Waals surface area (Å²) < 4.78 is 9.85. The standard InChI is InChI=1S/C3H7Cl2N.H3O3P/c1-3(2)6(4)5;1-4(2)3/h3H,1-2H3;4H,(H2,1,2,3). The van der Waals surface area contributed by atoms with Gasteiger partial charge in [-0.15, -0.1) is 3.94 Å². The summed E-state index contributed by atoms with van der Waals surface area (Å²) in [6, 6.07) is 0.216. The van der Waals surface area contributed by atoms with E-state index in [2.05, 4.69) is 0 Å². The Kier molecular flexibility index (Phi) is 10.4. The minimum absolute atomic E-state index is 0.216. The molecule has 0 radical (unpaired) electrons. The maximum atomic E-state index is 8.74. The quantitative estimate of drug-likeness (QED) is 0.506. The minimum atomic E-state index is -3.13. The molecular weight excluding hydrogens is 200 g/mol. The van der Waals surface area contributed by atoms with Crippen LogP contribution >= 0.6 is 31.8 Å². The van der Waals surface area contributed by atoms with E-state index in [1.807, 2.05) is 13.8 Å². The summed E-state index contributed by atoms with van der Waals surface area (Å²) in [4.78, 5) is 14.3. The fraction of sp³-hybridized carbons (Fsp3) is 1.00. The van der Waals surface area contributed by atoms with E-state index in [0.717, 1.165) is 3.94 Å². The Labute approximate surface area is 70.5 Å². The van der Waals surface area contributed by atoms with Crippen LogP contribution in [0.3, 0.4) is 0 Å². The summed E-state index contributed by atoms with van der Waals surface area (Å²) in [6.07, 6.45) is 0. The summed E-state index contributed by atoms with van der Waals surface area (Å²) in [6.45, 7) is 3.81. The lowest BCUT2D eigenvalue weighted by molar-refractivity contribution is 0.405. The SMILES string of the molecule is CC(C)N(Cl)Cl.O=[PH](O)O. The maximum Gasteiger partial charge on any atom is 0.314 e. The predicted octanol–water partition coefficient (Wildman–Crippen LogP) is 1.37. The Morgan fingerprint density at radius 1 is 1.40 bits per heavy atom.